The van der Waals surface area contributed by atoms with Gasteiger partial charge in [0.2, 0.25) is 0 Å². The molecule has 1 heterocycles. The molecule has 8 heteroatoms. The molecule has 0 aromatic heterocycles. The van der Waals surface area contributed by atoms with E-state index in [1.54, 1.807) is 12.1 Å². The van der Waals surface area contributed by atoms with Gasteiger partial charge in [0.05, 0.1) is 5.56 Å². The first-order chi connectivity index (χ1) is 13.5. The molecule has 2 aliphatic rings. The Labute approximate surface area is 165 Å². The van der Waals surface area contributed by atoms with Gasteiger partial charge in [-0.2, -0.15) is 0 Å². The van der Waals surface area contributed by atoms with Gasteiger partial charge in [0.15, 0.2) is 0 Å². The van der Waals surface area contributed by atoms with Gasteiger partial charge >= 0.3 is 13.1 Å². The number of carbonyl (C=O) groups is 2. The Kier molecular flexibility index (Phi) is 7.10. The molecule has 3 rings (SSSR count). The van der Waals surface area contributed by atoms with E-state index in [2.05, 4.69) is 5.32 Å². The lowest BCUT2D eigenvalue weighted by Gasteiger charge is -2.28. The molecule has 3 atom stereocenters. The van der Waals surface area contributed by atoms with Gasteiger partial charge in [-0.1, -0.05) is 12.1 Å². The number of aromatic carboxylic acids is 1. The van der Waals surface area contributed by atoms with Crippen LogP contribution in [0.1, 0.15) is 48.0 Å². The number of benzene rings is 1. The number of nitrogens with two attached hydrogens (primary N) is 1. The zero-order valence-electron chi connectivity index (χ0n) is 16.1. The minimum atomic E-state index is -1.16. The highest BCUT2D eigenvalue weighted by Gasteiger charge is 2.38. The van der Waals surface area contributed by atoms with Crippen LogP contribution in [0.25, 0.3) is 0 Å². The molecule has 0 spiro atoms. The number of rotatable bonds is 9. The molecule has 1 aromatic carbocycles. The second kappa shape index (κ2) is 9.54. The third kappa shape index (κ3) is 5.13. The van der Waals surface area contributed by atoms with Crippen molar-refractivity contribution in [2.45, 2.75) is 44.3 Å². The number of carboxylic acids is 1. The molecule has 7 nitrogen and oxygen atoms in total. The Morgan fingerprint density at radius 1 is 1.25 bits per heavy atom. The molecule has 1 aliphatic carbocycles. The minimum absolute atomic E-state index is 0.0431. The lowest BCUT2D eigenvalue weighted by Crippen LogP contribution is -2.36. The average Bonchev–Trinajstić information content (AvgIpc) is 3.09. The summed E-state index contributed by atoms with van der Waals surface area (Å²) >= 11 is 0. The first kappa shape index (κ1) is 20.8. The Hall–Kier alpha value is -1.90. The number of nitrogens with one attached hydrogen (secondary N) is 1. The molecular weight excluding hydrogens is 359 g/mol. The lowest BCUT2D eigenvalue weighted by atomic mass is 9.64. The standard InChI is InChI=1S/C20H29BN2O5/c22-6-7-23-12-14-5-4-13(8-14)9-17(24)11-16-10-15-2-1-3-18(20(25)26)19(15)28-21(16)27/h1-3,13-14,16,23,27H,4-12,22H2,(H,25,26)/t13?,14?,16-/m1/s1. The second-order valence-electron chi connectivity index (χ2n) is 8.06. The molecule has 0 amide bonds. The molecule has 5 N–H and O–H groups in total. The normalized spacial score (nSPS) is 23.9. The average molecular weight is 388 g/mol. The van der Waals surface area contributed by atoms with Crippen LogP contribution >= 0.6 is 0 Å². The molecule has 1 fully saturated rings. The molecule has 1 aromatic rings. The summed E-state index contributed by atoms with van der Waals surface area (Å²) in [4.78, 5) is 23.9. The highest BCUT2D eigenvalue weighted by molar-refractivity contribution is 6.47. The third-order valence-electron chi connectivity index (χ3n) is 5.86. The highest BCUT2D eigenvalue weighted by atomic mass is 16.5. The van der Waals surface area contributed by atoms with Crippen LogP contribution in [0.2, 0.25) is 5.82 Å². The first-order valence-electron chi connectivity index (χ1n) is 10.1. The van der Waals surface area contributed by atoms with Crippen molar-refractivity contribution in [3.05, 3.63) is 29.3 Å². The van der Waals surface area contributed by atoms with E-state index in [0.29, 0.717) is 31.2 Å². The number of hydrogen-bond donors (Lipinski definition) is 4. The van der Waals surface area contributed by atoms with Crippen molar-refractivity contribution < 1.29 is 24.4 Å². The molecule has 1 aliphatic heterocycles. The summed E-state index contributed by atoms with van der Waals surface area (Å²) in [6, 6.07) is 4.92. The Morgan fingerprint density at radius 3 is 2.79 bits per heavy atom. The van der Waals surface area contributed by atoms with Gasteiger partial charge in [-0.3, -0.25) is 4.79 Å². The Morgan fingerprint density at radius 2 is 2.04 bits per heavy atom. The number of Topliss-reactive ketones (excluding diaryl/α,β-unsaturated/α-hetero) is 1. The molecule has 28 heavy (non-hydrogen) atoms. The SMILES string of the molecule is NCCNCC1CCC(CC(=O)C[C@H]2Cc3cccc(C(=O)O)c3OB2O)C1. The van der Waals surface area contributed by atoms with Crippen LogP contribution < -0.4 is 15.7 Å². The van der Waals surface area contributed by atoms with Crippen LogP contribution in [0, 0.1) is 11.8 Å². The zero-order chi connectivity index (χ0) is 20.1. The summed E-state index contributed by atoms with van der Waals surface area (Å²) in [5.41, 5.74) is 6.27. The molecule has 1 saturated carbocycles. The van der Waals surface area contributed by atoms with E-state index in [1.165, 1.54) is 6.07 Å². The van der Waals surface area contributed by atoms with Crippen molar-refractivity contribution in [3.63, 3.8) is 0 Å². The van der Waals surface area contributed by atoms with E-state index in [4.69, 9.17) is 10.4 Å². The summed E-state index contributed by atoms with van der Waals surface area (Å²) < 4.78 is 5.48. The van der Waals surface area contributed by atoms with Gasteiger partial charge in [-0.15, -0.1) is 0 Å². The highest BCUT2D eigenvalue weighted by Crippen LogP contribution is 2.38. The predicted octanol–water partition coefficient (Wildman–Crippen LogP) is 1.48. The van der Waals surface area contributed by atoms with Crippen LogP contribution in [-0.2, 0) is 11.2 Å². The van der Waals surface area contributed by atoms with Crippen molar-refractivity contribution in [2.24, 2.45) is 17.6 Å². The molecule has 2 unspecified atom stereocenters. The van der Waals surface area contributed by atoms with Gasteiger partial charge in [-0.05, 0) is 55.7 Å². The monoisotopic (exact) mass is 388 g/mol. The van der Waals surface area contributed by atoms with Crippen molar-refractivity contribution in [2.75, 3.05) is 19.6 Å². The number of para-hydroxylation sites is 1. The van der Waals surface area contributed by atoms with E-state index in [9.17, 15) is 19.7 Å². The van der Waals surface area contributed by atoms with Crippen LogP contribution in [0.4, 0.5) is 0 Å². The van der Waals surface area contributed by atoms with E-state index >= 15 is 0 Å². The van der Waals surface area contributed by atoms with E-state index in [0.717, 1.165) is 37.9 Å². The zero-order valence-corrected chi connectivity index (χ0v) is 16.1. The summed E-state index contributed by atoms with van der Waals surface area (Å²) in [6.07, 6.45) is 4.49. The van der Waals surface area contributed by atoms with Gasteiger partial charge in [-0.25, -0.2) is 4.79 Å². The summed E-state index contributed by atoms with van der Waals surface area (Å²) in [5.74, 6) is -0.0531. The smallest absolute Gasteiger partial charge is 0.526 e. The van der Waals surface area contributed by atoms with Crippen molar-refractivity contribution in [3.8, 4) is 5.75 Å². The van der Waals surface area contributed by atoms with Crippen LogP contribution in [0.5, 0.6) is 5.75 Å². The van der Waals surface area contributed by atoms with Crippen LogP contribution in [-0.4, -0.2) is 48.6 Å². The maximum absolute atomic E-state index is 12.6. The summed E-state index contributed by atoms with van der Waals surface area (Å²) in [6.45, 7) is 2.42. The van der Waals surface area contributed by atoms with E-state index < -0.39 is 13.1 Å². The van der Waals surface area contributed by atoms with Crippen LogP contribution in [0.15, 0.2) is 18.2 Å². The summed E-state index contributed by atoms with van der Waals surface area (Å²) in [7, 11) is -1.16. The fraction of sp³-hybridized carbons (Fsp3) is 0.600. The summed E-state index contributed by atoms with van der Waals surface area (Å²) in [5, 5.41) is 22.9. The molecule has 0 saturated heterocycles. The fourth-order valence-corrected chi connectivity index (χ4v) is 4.48. The lowest BCUT2D eigenvalue weighted by molar-refractivity contribution is -0.120. The van der Waals surface area contributed by atoms with Crippen LogP contribution in [0.3, 0.4) is 0 Å². The molecule has 152 valence electrons. The maximum atomic E-state index is 12.6. The second-order valence-corrected chi connectivity index (χ2v) is 8.06. The number of hydrogen-bond acceptors (Lipinski definition) is 6. The largest absolute Gasteiger partial charge is 0.535 e. The fourth-order valence-electron chi connectivity index (χ4n) is 4.48. The van der Waals surface area contributed by atoms with Gasteiger partial charge in [0.1, 0.15) is 11.5 Å². The third-order valence-corrected chi connectivity index (χ3v) is 5.86. The number of fused-ring (bicyclic) bond motifs is 1. The maximum Gasteiger partial charge on any atom is 0.526 e. The minimum Gasteiger partial charge on any atom is -0.535 e. The van der Waals surface area contributed by atoms with E-state index in [1.807, 2.05) is 0 Å². The van der Waals surface area contributed by atoms with Crippen molar-refractivity contribution >= 4 is 18.9 Å². The number of carbonyl (C=O) groups excluding carboxylic acids is 1. The number of ketones is 1. The molecular formula is C20H29BN2O5. The van der Waals surface area contributed by atoms with Gasteiger partial charge < -0.3 is 25.8 Å². The number of carboxylic acid groups (broad SMARTS) is 1. The predicted molar refractivity (Wildman–Crippen MR) is 106 cm³/mol. The quantitative estimate of drug-likeness (QED) is 0.373. The Balaban J connectivity index is 1.51. The van der Waals surface area contributed by atoms with E-state index in [-0.39, 0.29) is 29.3 Å². The van der Waals surface area contributed by atoms with Crippen molar-refractivity contribution in [1.29, 1.82) is 0 Å². The first-order valence-corrected chi connectivity index (χ1v) is 10.1. The Bertz CT molecular complexity index is 714. The van der Waals surface area contributed by atoms with Gasteiger partial charge in [0.25, 0.3) is 0 Å². The van der Waals surface area contributed by atoms with Crippen molar-refractivity contribution in [1.82, 2.24) is 5.32 Å². The van der Waals surface area contributed by atoms with Gasteiger partial charge in [0, 0.05) is 31.7 Å². The molecule has 0 radical (unpaired) electrons. The molecule has 0 bridgehead atoms. The topological polar surface area (TPSA) is 122 Å².